The zero-order chi connectivity index (χ0) is 17.6. The SMILES string of the molecule is C(#CCN1CCCCC1)COc1ccc([C@H]2CC[C@H]3CCCCN32)cc1. The molecule has 140 valence electrons. The van der Waals surface area contributed by atoms with Crippen LogP contribution in [0.1, 0.15) is 63.0 Å². The van der Waals surface area contributed by atoms with E-state index in [1.807, 2.05) is 0 Å². The Labute approximate surface area is 158 Å². The number of hydrogen-bond acceptors (Lipinski definition) is 3. The molecule has 0 bridgehead atoms. The lowest BCUT2D eigenvalue weighted by molar-refractivity contribution is 0.150. The Bertz CT molecular complexity index is 624. The molecule has 3 aliphatic rings. The van der Waals surface area contributed by atoms with Gasteiger partial charge < -0.3 is 4.74 Å². The van der Waals surface area contributed by atoms with Crippen molar-refractivity contribution >= 4 is 0 Å². The van der Waals surface area contributed by atoms with Crippen LogP contribution >= 0.6 is 0 Å². The van der Waals surface area contributed by atoms with Crippen LogP contribution in [0.3, 0.4) is 0 Å². The van der Waals surface area contributed by atoms with Crippen LogP contribution in [0.4, 0.5) is 0 Å². The molecule has 0 aromatic heterocycles. The number of piperidine rings is 2. The van der Waals surface area contributed by atoms with Crippen molar-refractivity contribution in [2.45, 2.75) is 63.5 Å². The first-order valence-electron chi connectivity index (χ1n) is 10.6. The van der Waals surface area contributed by atoms with E-state index in [0.29, 0.717) is 12.6 Å². The lowest BCUT2D eigenvalue weighted by Crippen LogP contribution is -2.35. The van der Waals surface area contributed by atoms with Crippen LogP contribution in [0.25, 0.3) is 0 Å². The van der Waals surface area contributed by atoms with E-state index in [1.165, 1.54) is 76.6 Å². The van der Waals surface area contributed by atoms with E-state index in [-0.39, 0.29) is 0 Å². The van der Waals surface area contributed by atoms with Crippen LogP contribution in [-0.2, 0) is 0 Å². The second kappa shape index (κ2) is 8.93. The molecule has 3 saturated heterocycles. The number of benzene rings is 1. The third-order valence-electron chi connectivity index (χ3n) is 6.30. The Morgan fingerprint density at radius 3 is 2.50 bits per heavy atom. The molecule has 0 N–H and O–H groups in total. The number of fused-ring (bicyclic) bond motifs is 1. The highest BCUT2D eigenvalue weighted by molar-refractivity contribution is 5.30. The smallest absolute Gasteiger partial charge is 0.149 e. The molecule has 3 heteroatoms. The summed E-state index contributed by atoms with van der Waals surface area (Å²) in [6.07, 6.45) is 10.9. The quantitative estimate of drug-likeness (QED) is 0.754. The highest BCUT2D eigenvalue weighted by Gasteiger charge is 2.35. The van der Waals surface area contributed by atoms with Crippen molar-refractivity contribution in [3.8, 4) is 17.6 Å². The maximum atomic E-state index is 5.81. The molecule has 3 aliphatic heterocycles. The normalized spacial score (nSPS) is 26.8. The fourth-order valence-corrected chi connectivity index (χ4v) is 4.86. The van der Waals surface area contributed by atoms with Crippen molar-refractivity contribution < 1.29 is 4.74 Å². The maximum Gasteiger partial charge on any atom is 0.149 e. The predicted octanol–water partition coefficient (Wildman–Crippen LogP) is 4.24. The van der Waals surface area contributed by atoms with Gasteiger partial charge in [0.15, 0.2) is 0 Å². The van der Waals surface area contributed by atoms with Crippen LogP contribution in [0.15, 0.2) is 24.3 Å². The second-order valence-corrected chi connectivity index (χ2v) is 8.03. The highest BCUT2D eigenvalue weighted by atomic mass is 16.5. The van der Waals surface area contributed by atoms with Crippen molar-refractivity contribution in [1.82, 2.24) is 9.80 Å². The summed E-state index contributed by atoms with van der Waals surface area (Å²) in [6, 6.07) is 10.2. The standard InChI is InChI=1S/C23H32N2O/c1-3-15-24(16-4-1)17-6-7-19-26-22-12-9-20(10-13-22)23-14-11-21-8-2-5-18-25(21)23/h9-10,12-13,21,23H,1-5,8,11,14-19H2/t21-,23-/m1/s1. The topological polar surface area (TPSA) is 15.7 Å². The number of likely N-dealkylation sites (tertiary alicyclic amines) is 1. The lowest BCUT2D eigenvalue weighted by Gasteiger charge is -2.34. The molecule has 2 atom stereocenters. The highest BCUT2D eigenvalue weighted by Crippen LogP contribution is 2.40. The first kappa shape index (κ1) is 17.9. The Morgan fingerprint density at radius 1 is 0.846 bits per heavy atom. The van der Waals surface area contributed by atoms with Crippen molar-refractivity contribution in [3.63, 3.8) is 0 Å². The molecule has 26 heavy (non-hydrogen) atoms. The molecule has 3 nitrogen and oxygen atoms in total. The minimum absolute atomic E-state index is 0.491. The number of ether oxygens (including phenoxy) is 1. The van der Waals surface area contributed by atoms with Crippen molar-refractivity contribution in [2.24, 2.45) is 0 Å². The summed E-state index contributed by atoms with van der Waals surface area (Å²) in [6.45, 7) is 5.07. The summed E-state index contributed by atoms with van der Waals surface area (Å²) in [5.41, 5.74) is 1.46. The molecule has 1 aromatic rings. The molecule has 4 rings (SSSR count). The van der Waals surface area contributed by atoms with E-state index < -0.39 is 0 Å². The van der Waals surface area contributed by atoms with Crippen molar-refractivity contribution in [1.29, 1.82) is 0 Å². The molecule has 1 aromatic carbocycles. The van der Waals surface area contributed by atoms with Gasteiger partial charge in [-0.3, -0.25) is 9.80 Å². The van der Waals surface area contributed by atoms with Gasteiger partial charge in [-0.2, -0.15) is 0 Å². The predicted molar refractivity (Wildman–Crippen MR) is 106 cm³/mol. The molecule has 0 saturated carbocycles. The lowest BCUT2D eigenvalue weighted by atomic mass is 10.0. The molecule has 3 heterocycles. The average molecular weight is 353 g/mol. The first-order valence-corrected chi connectivity index (χ1v) is 10.6. The van der Waals surface area contributed by atoms with Gasteiger partial charge in [0, 0.05) is 12.1 Å². The number of hydrogen-bond donors (Lipinski definition) is 0. The summed E-state index contributed by atoms with van der Waals surface area (Å²) >= 11 is 0. The maximum absolute atomic E-state index is 5.81. The second-order valence-electron chi connectivity index (χ2n) is 8.03. The van der Waals surface area contributed by atoms with E-state index in [0.717, 1.165) is 18.3 Å². The molecule has 0 aliphatic carbocycles. The van der Waals surface area contributed by atoms with Gasteiger partial charge in [-0.1, -0.05) is 36.8 Å². The van der Waals surface area contributed by atoms with E-state index in [1.54, 1.807) is 0 Å². The molecule has 0 radical (unpaired) electrons. The van der Waals surface area contributed by atoms with Gasteiger partial charge in [0.05, 0.1) is 6.54 Å². The number of rotatable bonds is 4. The van der Waals surface area contributed by atoms with Gasteiger partial charge in [-0.15, -0.1) is 0 Å². The average Bonchev–Trinajstić information content (AvgIpc) is 3.13. The van der Waals surface area contributed by atoms with Crippen LogP contribution < -0.4 is 4.74 Å². The zero-order valence-corrected chi connectivity index (χ0v) is 16.0. The van der Waals surface area contributed by atoms with Crippen LogP contribution in [0, 0.1) is 11.8 Å². The van der Waals surface area contributed by atoms with E-state index >= 15 is 0 Å². The summed E-state index contributed by atoms with van der Waals surface area (Å²) in [4.78, 5) is 5.19. The Morgan fingerprint density at radius 2 is 1.65 bits per heavy atom. The van der Waals surface area contributed by atoms with Crippen molar-refractivity contribution in [3.05, 3.63) is 29.8 Å². The summed E-state index contributed by atoms with van der Waals surface area (Å²) in [5.74, 6) is 7.36. The van der Waals surface area contributed by atoms with Gasteiger partial charge in [0.1, 0.15) is 12.4 Å². The van der Waals surface area contributed by atoms with E-state index in [4.69, 9.17) is 4.74 Å². The Balaban J connectivity index is 1.24. The van der Waals surface area contributed by atoms with Crippen LogP contribution in [0.2, 0.25) is 0 Å². The minimum atomic E-state index is 0.491. The zero-order valence-electron chi connectivity index (χ0n) is 16.0. The van der Waals surface area contributed by atoms with Gasteiger partial charge in [-0.25, -0.2) is 0 Å². The molecule has 0 spiro atoms. The third kappa shape index (κ3) is 4.42. The largest absolute Gasteiger partial charge is 0.481 e. The van der Waals surface area contributed by atoms with Crippen LogP contribution in [-0.4, -0.2) is 48.6 Å². The molecular formula is C23H32N2O. The van der Waals surface area contributed by atoms with Gasteiger partial charge >= 0.3 is 0 Å². The monoisotopic (exact) mass is 352 g/mol. The summed E-state index contributed by atoms with van der Waals surface area (Å²) in [7, 11) is 0. The first-order chi connectivity index (χ1) is 12.9. The molecular weight excluding hydrogens is 320 g/mol. The van der Waals surface area contributed by atoms with Crippen molar-refractivity contribution in [2.75, 3.05) is 32.8 Å². The fourth-order valence-electron chi connectivity index (χ4n) is 4.86. The third-order valence-corrected chi connectivity index (χ3v) is 6.30. The molecule has 0 amide bonds. The van der Waals surface area contributed by atoms with E-state index in [2.05, 4.69) is 45.9 Å². The Hall–Kier alpha value is -1.50. The summed E-state index contributed by atoms with van der Waals surface area (Å²) in [5, 5.41) is 0. The fraction of sp³-hybridized carbons (Fsp3) is 0.652. The van der Waals surface area contributed by atoms with Gasteiger partial charge in [0.2, 0.25) is 0 Å². The summed E-state index contributed by atoms with van der Waals surface area (Å²) < 4.78 is 5.81. The molecule has 3 fully saturated rings. The van der Waals surface area contributed by atoms with Crippen LogP contribution in [0.5, 0.6) is 5.75 Å². The number of nitrogens with zero attached hydrogens (tertiary/aromatic N) is 2. The van der Waals surface area contributed by atoms with Gasteiger partial charge in [-0.05, 0) is 75.9 Å². The minimum Gasteiger partial charge on any atom is -0.481 e. The Kier molecular flexibility index (Phi) is 6.14. The van der Waals surface area contributed by atoms with E-state index in [9.17, 15) is 0 Å². The van der Waals surface area contributed by atoms with Gasteiger partial charge in [0.25, 0.3) is 0 Å². The molecule has 0 unspecified atom stereocenters.